The van der Waals surface area contributed by atoms with Gasteiger partial charge in [-0.2, -0.15) is 0 Å². The molecule has 3 rings (SSSR count). The standard InChI is InChI=1S/C21H24N2O2/c1-15(2)13-21(18-7-5-4-6-8-18)19(24)23(20(25)22-21)14-17-11-9-16(3)10-12-17/h4-12,15H,13-14H2,1-3H3,(H,22,25). The predicted molar refractivity (Wildman–Crippen MR) is 97.8 cm³/mol. The molecule has 3 amide bonds. The monoisotopic (exact) mass is 336 g/mol. The molecule has 1 fully saturated rings. The Kier molecular flexibility index (Phi) is 4.62. The molecule has 0 aliphatic carbocycles. The van der Waals surface area contributed by atoms with E-state index in [0.29, 0.717) is 6.42 Å². The van der Waals surface area contributed by atoms with Crippen LogP contribution in [0, 0.1) is 12.8 Å². The third-order valence-electron chi connectivity index (χ3n) is 4.62. The summed E-state index contributed by atoms with van der Waals surface area (Å²) in [4.78, 5) is 27.2. The Hall–Kier alpha value is -2.62. The number of urea groups is 1. The smallest absolute Gasteiger partial charge is 0.319 e. The van der Waals surface area contributed by atoms with Crippen molar-refractivity contribution in [1.82, 2.24) is 10.2 Å². The minimum atomic E-state index is -0.975. The van der Waals surface area contributed by atoms with E-state index in [1.54, 1.807) is 0 Å². The van der Waals surface area contributed by atoms with E-state index in [1.807, 2.05) is 61.5 Å². The Labute approximate surface area is 148 Å². The van der Waals surface area contributed by atoms with Crippen molar-refractivity contribution < 1.29 is 9.59 Å². The molecule has 0 saturated carbocycles. The van der Waals surface area contributed by atoms with E-state index in [9.17, 15) is 9.59 Å². The van der Waals surface area contributed by atoms with Crippen LogP contribution in [0.25, 0.3) is 0 Å². The largest absolute Gasteiger partial charge is 0.325 e. The van der Waals surface area contributed by atoms with Gasteiger partial charge in [0.25, 0.3) is 5.91 Å². The second kappa shape index (κ2) is 6.71. The zero-order chi connectivity index (χ0) is 18.0. The average Bonchev–Trinajstić information content (AvgIpc) is 2.82. The number of nitrogens with zero attached hydrogens (tertiary/aromatic N) is 1. The molecule has 1 N–H and O–H groups in total. The van der Waals surface area contributed by atoms with E-state index in [0.717, 1.165) is 16.7 Å². The van der Waals surface area contributed by atoms with Crippen molar-refractivity contribution >= 4 is 11.9 Å². The lowest BCUT2D eigenvalue weighted by atomic mass is 9.82. The molecule has 25 heavy (non-hydrogen) atoms. The predicted octanol–water partition coefficient (Wildman–Crippen LogP) is 3.99. The van der Waals surface area contributed by atoms with Crippen molar-refractivity contribution in [3.63, 3.8) is 0 Å². The summed E-state index contributed by atoms with van der Waals surface area (Å²) in [6, 6.07) is 17.1. The summed E-state index contributed by atoms with van der Waals surface area (Å²) < 4.78 is 0. The Morgan fingerprint density at radius 3 is 2.24 bits per heavy atom. The lowest BCUT2D eigenvalue weighted by Gasteiger charge is -2.29. The van der Waals surface area contributed by atoms with Crippen LogP contribution in [0.1, 0.15) is 37.0 Å². The topological polar surface area (TPSA) is 49.4 Å². The fraction of sp³-hybridized carbons (Fsp3) is 0.333. The average molecular weight is 336 g/mol. The Morgan fingerprint density at radius 1 is 1.00 bits per heavy atom. The van der Waals surface area contributed by atoms with Crippen molar-refractivity contribution in [1.29, 1.82) is 0 Å². The molecule has 4 heteroatoms. The molecule has 0 spiro atoms. The number of nitrogens with one attached hydrogen (secondary N) is 1. The Balaban J connectivity index is 1.94. The second-order valence-corrected chi connectivity index (χ2v) is 7.18. The highest BCUT2D eigenvalue weighted by Crippen LogP contribution is 2.35. The zero-order valence-electron chi connectivity index (χ0n) is 15.0. The van der Waals surface area contributed by atoms with Crippen LogP contribution in [0.15, 0.2) is 54.6 Å². The first-order valence-electron chi connectivity index (χ1n) is 8.67. The molecule has 0 aromatic heterocycles. The van der Waals surface area contributed by atoms with Gasteiger partial charge in [-0.25, -0.2) is 4.79 Å². The highest BCUT2D eigenvalue weighted by Gasteiger charge is 2.52. The van der Waals surface area contributed by atoms with Gasteiger partial charge in [0.15, 0.2) is 0 Å². The number of benzene rings is 2. The molecular weight excluding hydrogens is 312 g/mol. The third kappa shape index (κ3) is 3.29. The maximum atomic E-state index is 13.3. The van der Waals surface area contributed by atoms with E-state index < -0.39 is 5.54 Å². The van der Waals surface area contributed by atoms with Crippen LogP contribution < -0.4 is 5.32 Å². The van der Waals surface area contributed by atoms with Crippen LogP contribution in [0.3, 0.4) is 0 Å². The molecule has 1 aliphatic heterocycles. The fourth-order valence-corrected chi connectivity index (χ4v) is 3.43. The number of amides is 3. The molecule has 1 aliphatic rings. The lowest BCUT2D eigenvalue weighted by Crippen LogP contribution is -2.45. The lowest BCUT2D eigenvalue weighted by molar-refractivity contribution is -0.132. The Bertz CT molecular complexity index is 768. The molecule has 1 heterocycles. The molecule has 0 radical (unpaired) electrons. The number of imide groups is 1. The third-order valence-corrected chi connectivity index (χ3v) is 4.62. The minimum absolute atomic E-state index is 0.169. The van der Waals surface area contributed by atoms with Gasteiger partial charge < -0.3 is 5.32 Å². The molecule has 1 saturated heterocycles. The van der Waals surface area contributed by atoms with Crippen molar-refractivity contribution in [2.24, 2.45) is 5.92 Å². The zero-order valence-corrected chi connectivity index (χ0v) is 15.0. The number of aryl methyl sites for hydroxylation is 1. The molecule has 2 aromatic carbocycles. The van der Waals surface area contributed by atoms with E-state index in [4.69, 9.17) is 0 Å². The first kappa shape index (κ1) is 17.2. The summed E-state index contributed by atoms with van der Waals surface area (Å²) in [6.45, 7) is 6.43. The van der Waals surface area contributed by atoms with Crippen LogP contribution in [0.5, 0.6) is 0 Å². The van der Waals surface area contributed by atoms with Crippen LogP contribution in [0.2, 0.25) is 0 Å². The van der Waals surface area contributed by atoms with Gasteiger partial charge in [-0.15, -0.1) is 0 Å². The van der Waals surface area contributed by atoms with E-state index >= 15 is 0 Å². The normalized spacial score (nSPS) is 20.2. The minimum Gasteiger partial charge on any atom is -0.319 e. The molecule has 1 unspecified atom stereocenters. The molecule has 130 valence electrons. The quantitative estimate of drug-likeness (QED) is 0.839. The van der Waals surface area contributed by atoms with Crippen LogP contribution in [-0.2, 0) is 16.9 Å². The molecule has 2 aromatic rings. The van der Waals surface area contributed by atoms with Gasteiger partial charge in [0.05, 0.1) is 6.54 Å². The molecular formula is C21H24N2O2. The Morgan fingerprint density at radius 2 is 1.64 bits per heavy atom. The summed E-state index contributed by atoms with van der Waals surface area (Å²) in [5.74, 6) is 0.0988. The number of hydrogen-bond acceptors (Lipinski definition) is 2. The summed E-state index contributed by atoms with van der Waals surface area (Å²) in [5.41, 5.74) is 1.97. The number of carbonyl (C=O) groups excluding carboxylic acids is 2. The van der Waals surface area contributed by atoms with Gasteiger partial charge in [-0.3, -0.25) is 9.69 Å². The summed E-state index contributed by atoms with van der Waals surface area (Å²) in [7, 11) is 0. The van der Waals surface area contributed by atoms with Gasteiger partial charge in [0.2, 0.25) is 0 Å². The fourth-order valence-electron chi connectivity index (χ4n) is 3.43. The second-order valence-electron chi connectivity index (χ2n) is 7.18. The maximum Gasteiger partial charge on any atom is 0.325 e. The first-order valence-corrected chi connectivity index (χ1v) is 8.67. The molecule has 0 bridgehead atoms. The van der Waals surface area contributed by atoms with Gasteiger partial charge in [0, 0.05) is 0 Å². The highest BCUT2D eigenvalue weighted by atomic mass is 16.2. The van der Waals surface area contributed by atoms with E-state index in [2.05, 4.69) is 19.2 Å². The molecule has 4 nitrogen and oxygen atoms in total. The molecule has 1 atom stereocenters. The number of hydrogen-bond donors (Lipinski definition) is 1. The summed E-state index contributed by atoms with van der Waals surface area (Å²) in [5, 5.41) is 2.98. The van der Waals surface area contributed by atoms with Gasteiger partial charge in [-0.05, 0) is 30.4 Å². The van der Waals surface area contributed by atoms with Crippen LogP contribution >= 0.6 is 0 Å². The number of rotatable bonds is 5. The summed E-state index contributed by atoms with van der Waals surface area (Å²) >= 11 is 0. The van der Waals surface area contributed by atoms with E-state index in [1.165, 1.54) is 4.90 Å². The van der Waals surface area contributed by atoms with Crippen LogP contribution in [-0.4, -0.2) is 16.8 Å². The van der Waals surface area contributed by atoms with Crippen molar-refractivity contribution in [3.05, 3.63) is 71.3 Å². The number of carbonyl (C=O) groups is 2. The van der Waals surface area contributed by atoms with Crippen molar-refractivity contribution in [2.75, 3.05) is 0 Å². The van der Waals surface area contributed by atoms with E-state index in [-0.39, 0.29) is 24.4 Å². The first-order chi connectivity index (χ1) is 11.9. The maximum absolute atomic E-state index is 13.3. The van der Waals surface area contributed by atoms with Gasteiger partial charge >= 0.3 is 6.03 Å². The van der Waals surface area contributed by atoms with Crippen LogP contribution in [0.4, 0.5) is 4.79 Å². The van der Waals surface area contributed by atoms with Gasteiger partial charge in [0.1, 0.15) is 5.54 Å². The van der Waals surface area contributed by atoms with Gasteiger partial charge in [-0.1, -0.05) is 74.0 Å². The van der Waals surface area contributed by atoms with Crippen molar-refractivity contribution in [2.45, 2.75) is 39.3 Å². The summed E-state index contributed by atoms with van der Waals surface area (Å²) in [6.07, 6.45) is 0.575. The highest BCUT2D eigenvalue weighted by molar-refractivity contribution is 6.07. The SMILES string of the molecule is Cc1ccc(CN2C(=O)NC(CC(C)C)(c3ccccc3)C2=O)cc1. The van der Waals surface area contributed by atoms with Crippen molar-refractivity contribution in [3.8, 4) is 0 Å².